The summed E-state index contributed by atoms with van der Waals surface area (Å²) in [7, 11) is 0. The molecule has 0 bridgehead atoms. The van der Waals surface area contributed by atoms with Gasteiger partial charge in [0.1, 0.15) is 11.5 Å². The van der Waals surface area contributed by atoms with Gasteiger partial charge in [-0.1, -0.05) is 32.0 Å². The standard InChI is InChI=1S/C17H20O2/c1-10(2)13-7-5-6-12(4)16(13)17-14(18)8-11(3)9-15(17)19/h5-10,18-19H,1-4H3. The fourth-order valence-electron chi connectivity index (χ4n) is 2.52. The van der Waals surface area contributed by atoms with Gasteiger partial charge in [0, 0.05) is 0 Å². The number of benzene rings is 2. The normalized spacial score (nSPS) is 11.0. The van der Waals surface area contributed by atoms with E-state index < -0.39 is 0 Å². The van der Waals surface area contributed by atoms with Crippen molar-refractivity contribution in [3.8, 4) is 22.6 Å². The van der Waals surface area contributed by atoms with Crippen molar-refractivity contribution in [2.45, 2.75) is 33.6 Å². The molecule has 100 valence electrons. The molecule has 0 heterocycles. The first-order valence-corrected chi connectivity index (χ1v) is 6.54. The molecule has 0 aliphatic carbocycles. The van der Waals surface area contributed by atoms with Gasteiger partial charge >= 0.3 is 0 Å². The van der Waals surface area contributed by atoms with E-state index in [9.17, 15) is 10.2 Å². The van der Waals surface area contributed by atoms with Crippen LogP contribution < -0.4 is 0 Å². The van der Waals surface area contributed by atoms with Crippen molar-refractivity contribution in [2.24, 2.45) is 0 Å². The Kier molecular flexibility index (Phi) is 3.52. The van der Waals surface area contributed by atoms with Gasteiger partial charge in [-0.05, 0) is 54.2 Å². The Labute approximate surface area is 114 Å². The molecule has 2 aromatic carbocycles. The number of aromatic hydroxyl groups is 2. The van der Waals surface area contributed by atoms with Crippen LogP contribution in [-0.2, 0) is 0 Å². The van der Waals surface area contributed by atoms with Crippen LogP contribution in [0, 0.1) is 13.8 Å². The largest absolute Gasteiger partial charge is 0.507 e. The van der Waals surface area contributed by atoms with E-state index in [4.69, 9.17) is 0 Å². The molecule has 2 aromatic rings. The average Bonchev–Trinajstić information content (AvgIpc) is 2.29. The molecule has 0 saturated heterocycles. The van der Waals surface area contributed by atoms with Gasteiger partial charge in [-0.25, -0.2) is 0 Å². The lowest BCUT2D eigenvalue weighted by Gasteiger charge is -2.18. The summed E-state index contributed by atoms with van der Waals surface area (Å²) in [5, 5.41) is 20.4. The maximum atomic E-state index is 10.2. The Morgan fingerprint density at radius 2 is 1.47 bits per heavy atom. The Bertz CT molecular complexity index is 590. The highest BCUT2D eigenvalue weighted by atomic mass is 16.3. The zero-order valence-electron chi connectivity index (χ0n) is 11.9. The Balaban J connectivity index is 2.79. The van der Waals surface area contributed by atoms with Crippen molar-refractivity contribution in [3.63, 3.8) is 0 Å². The summed E-state index contributed by atoms with van der Waals surface area (Å²) in [5.41, 5.74) is 4.51. The van der Waals surface area contributed by atoms with Crippen LogP contribution in [0.2, 0.25) is 0 Å². The second-order valence-electron chi connectivity index (χ2n) is 5.37. The third-order valence-electron chi connectivity index (χ3n) is 3.42. The number of aryl methyl sites for hydroxylation is 2. The lowest BCUT2D eigenvalue weighted by molar-refractivity contribution is 0.453. The lowest BCUT2D eigenvalue weighted by atomic mass is 9.88. The third kappa shape index (κ3) is 2.43. The quantitative estimate of drug-likeness (QED) is 0.830. The summed E-state index contributed by atoms with van der Waals surface area (Å²) in [6.45, 7) is 8.07. The summed E-state index contributed by atoms with van der Waals surface area (Å²) >= 11 is 0. The molecule has 0 saturated carbocycles. The Morgan fingerprint density at radius 3 is 2.00 bits per heavy atom. The van der Waals surface area contributed by atoms with E-state index in [1.807, 2.05) is 32.0 Å². The second-order valence-corrected chi connectivity index (χ2v) is 5.37. The molecule has 0 amide bonds. The minimum absolute atomic E-state index is 0.133. The SMILES string of the molecule is Cc1cc(O)c(-c2c(C)cccc2C(C)C)c(O)c1. The van der Waals surface area contributed by atoms with E-state index in [1.165, 1.54) is 0 Å². The van der Waals surface area contributed by atoms with E-state index in [-0.39, 0.29) is 11.5 Å². The molecule has 0 unspecified atom stereocenters. The van der Waals surface area contributed by atoms with Crippen LogP contribution >= 0.6 is 0 Å². The molecule has 0 radical (unpaired) electrons. The predicted octanol–water partition coefficient (Wildman–Crippen LogP) is 4.51. The van der Waals surface area contributed by atoms with Gasteiger partial charge < -0.3 is 10.2 Å². The molecule has 0 spiro atoms. The van der Waals surface area contributed by atoms with Gasteiger partial charge in [0.2, 0.25) is 0 Å². The molecule has 0 aromatic heterocycles. The predicted molar refractivity (Wildman–Crippen MR) is 78.8 cm³/mol. The zero-order chi connectivity index (χ0) is 14.2. The Morgan fingerprint density at radius 1 is 0.895 bits per heavy atom. The number of phenolic OH excluding ortho intramolecular Hbond substituents is 2. The summed E-state index contributed by atoms with van der Waals surface area (Å²) in [6.07, 6.45) is 0. The van der Waals surface area contributed by atoms with Crippen LogP contribution in [0.15, 0.2) is 30.3 Å². The summed E-state index contributed by atoms with van der Waals surface area (Å²) in [5.74, 6) is 0.595. The van der Waals surface area contributed by atoms with Crippen LogP contribution in [0.25, 0.3) is 11.1 Å². The van der Waals surface area contributed by atoms with Crippen molar-refractivity contribution in [2.75, 3.05) is 0 Å². The highest BCUT2D eigenvalue weighted by Crippen LogP contribution is 2.43. The van der Waals surface area contributed by atoms with Crippen LogP contribution in [0.5, 0.6) is 11.5 Å². The van der Waals surface area contributed by atoms with Gasteiger partial charge in [-0.2, -0.15) is 0 Å². The van der Waals surface area contributed by atoms with Crippen LogP contribution in [0.4, 0.5) is 0 Å². The van der Waals surface area contributed by atoms with Crippen molar-refractivity contribution in [1.82, 2.24) is 0 Å². The van der Waals surface area contributed by atoms with Crippen molar-refractivity contribution < 1.29 is 10.2 Å². The Hall–Kier alpha value is -1.96. The topological polar surface area (TPSA) is 40.5 Å². The molecule has 0 aliphatic heterocycles. The minimum atomic E-state index is 0.133. The van der Waals surface area contributed by atoms with E-state index in [1.54, 1.807) is 12.1 Å². The van der Waals surface area contributed by atoms with E-state index in [0.717, 1.165) is 22.3 Å². The first-order chi connectivity index (χ1) is 8.91. The molecule has 0 fully saturated rings. The third-order valence-corrected chi connectivity index (χ3v) is 3.42. The maximum absolute atomic E-state index is 10.2. The van der Waals surface area contributed by atoms with Crippen LogP contribution in [0.1, 0.15) is 36.5 Å². The molecule has 0 atom stereocenters. The monoisotopic (exact) mass is 256 g/mol. The number of hydrogen-bond donors (Lipinski definition) is 2. The first kappa shape index (κ1) is 13.5. The molecule has 2 nitrogen and oxygen atoms in total. The van der Waals surface area contributed by atoms with Crippen molar-refractivity contribution in [3.05, 3.63) is 47.0 Å². The van der Waals surface area contributed by atoms with Crippen LogP contribution in [-0.4, -0.2) is 10.2 Å². The van der Waals surface area contributed by atoms with Crippen LogP contribution in [0.3, 0.4) is 0 Å². The smallest absolute Gasteiger partial charge is 0.127 e. The van der Waals surface area contributed by atoms with Gasteiger partial charge in [0.15, 0.2) is 0 Å². The molecular formula is C17H20O2. The fourth-order valence-corrected chi connectivity index (χ4v) is 2.52. The summed E-state index contributed by atoms with van der Waals surface area (Å²) in [6, 6.07) is 9.43. The zero-order valence-corrected chi connectivity index (χ0v) is 11.9. The number of hydrogen-bond acceptors (Lipinski definition) is 2. The van der Waals surface area contributed by atoms with Gasteiger partial charge in [-0.3, -0.25) is 0 Å². The average molecular weight is 256 g/mol. The van der Waals surface area contributed by atoms with Gasteiger partial charge in [-0.15, -0.1) is 0 Å². The van der Waals surface area contributed by atoms with Crippen molar-refractivity contribution in [1.29, 1.82) is 0 Å². The summed E-state index contributed by atoms with van der Waals surface area (Å²) in [4.78, 5) is 0. The number of rotatable bonds is 2. The molecule has 19 heavy (non-hydrogen) atoms. The molecule has 2 N–H and O–H groups in total. The highest BCUT2D eigenvalue weighted by Gasteiger charge is 2.18. The van der Waals surface area contributed by atoms with Crippen molar-refractivity contribution >= 4 is 0 Å². The van der Waals surface area contributed by atoms with Gasteiger partial charge in [0.25, 0.3) is 0 Å². The molecule has 2 heteroatoms. The molecule has 0 aliphatic rings. The lowest BCUT2D eigenvalue weighted by Crippen LogP contribution is -1.96. The minimum Gasteiger partial charge on any atom is -0.507 e. The molecule has 2 rings (SSSR count). The highest BCUT2D eigenvalue weighted by molar-refractivity contribution is 5.81. The van der Waals surface area contributed by atoms with E-state index in [0.29, 0.717) is 11.5 Å². The second kappa shape index (κ2) is 4.96. The summed E-state index contributed by atoms with van der Waals surface area (Å²) < 4.78 is 0. The first-order valence-electron chi connectivity index (χ1n) is 6.54. The fraction of sp³-hybridized carbons (Fsp3) is 0.294. The van der Waals surface area contributed by atoms with E-state index in [2.05, 4.69) is 13.8 Å². The maximum Gasteiger partial charge on any atom is 0.127 e. The molecular weight excluding hydrogens is 236 g/mol. The number of phenols is 2. The van der Waals surface area contributed by atoms with Gasteiger partial charge in [0.05, 0.1) is 5.56 Å². The van der Waals surface area contributed by atoms with E-state index >= 15 is 0 Å².